The van der Waals surface area contributed by atoms with Gasteiger partial charge in [0, 0.05) is 11.8 Å². The van der Waals surface area contributed by atoms with Gasteiger partial charge in [-0.05, 0) is 50.6 Å². The standard InChI is InChI=1S/C21H29N3O5S/c1-15-7-9-16(10-8-15)23-21(25)18(6-4-5-13-22)24-30(26,27)17-11-12-19(28-2)20(14-17)29-3/h7-12,14,18,24H,4-6,13,22H2,1-3H3,(H,23,25)/t18-/m0/s1. The zero-order valence-corrected chi connectivity index (χ0v) is 18.3. The number of nitrogens with one attached hydrogen (secondary N) is 2. The zero-order chi connectivity index (χ0) is 22.1. The highest BCUT2D eigenvalue weighted by Gasteiger charge is 2.26. The van der Waals surface area contributed by atoms with Gasteiger partial charge >= 0.3 is 0 Å². The molecule has 2 rings (SSSR count). The van der Waals surface area contributed by atoms with Crippen LogP contribution in [0.15, 0.2) is 47.4 Å². The lowest BCUT2D eigenvalue weighted by molar-refractivity contribution is -0.117. The van der Waals surface area contributed by atoms with E-state index in [1.807, 2.05) is 19.1 Å². The highest BCUT2D eigenvalue weighted by molar-refractivity contribution is 7.89. The summed E-state index contributed by atoms with van der Waals surface area (Å²) in [5, 5.41) is 2.77. The quantitative estimate of drug-likeness (QED) is 0.466. The molecule has 0 radical (unpaired) electrons. The molecule has 1 amide bonds. The van der Waals surface area contributed by atoms with Crippen LogP contribution in [0, 0.1) is 6.92 Å². The molecule has 9 heteroatoms. The molecular formula is C21H29N3O5S. The van der Waals surface area contributed by atoms with Crippen LogP contribution < -0.4 is 25.2 Å². The number of nitrogens with two attached hydrogens (primary N) is 1. The van der Waals surface area contributed by atoms with Crippen LogP contribution in [-0.4, -0.2) is 41.1 Å². The van der Waals surface area contributed by atoms with Gasteiger partial charge in [-0.15, -0.1) is 0 Å². The van der Waals surface area contributed by atoms with Gasteiger partial charge in [0.05, 0.1) is 19.1 Å². The number of aryl methyl sites for hydroxylation is 1. The van der Waals surface area contributed by atoms with Crippen LogP contribution >= 0.6 is 0 Å². The molecule has 8 nitrogen and oxygen atoms in total. The Morgan fingerprint density at radius 3 is 2.30 bits per heavy atom. The molecule has 0 heterocycles. The number of hydrogen-bond donors (Lipinski definition) is 3. The Bertz CT molecular complexity index is 946. The summed E-state index contributed by atoms with van der Waals surface area (Å²) in [7, 11) is -1.09. The second-order valence-electron chi connectivity index (χ2n) is 6.83. The number of ether oxygens (including phenoxy) is 2. The highest BCUT2D eigenvalue weighted by Crippen LogP contribution is 2.29. The Labute approximate surface area is 177 Å². The molecule has 0 unspecified atom stereocenters. The number of amides is 1. The van der Waals surface area contributed by atoms with Gasteiger partial charge in [-0.25, -0.2) is 8.42 Å². The third-order valence-corrected chi connectivity index (χ3v) is 6.01. The minimum atomic E-state index is -3.98. The van der Waals surface area contributed by atoms with E-state index in [1.165, 1.54) is 32.4 Å². The summed E-state index contributed by atoms with van der Waals surface area (Å²) >= 11 is 0. The summed E-state index contributed by atoms with van der Waals surface area (Å²) in [6, 6.07) is 10.6. The van der Waals surface area contributed by atoms with E-state index in [1.54, 1.807) is 12.1 Å². The molecule has 0 aliphatic heterocycles. The smallest absolute Gasteiger partial charge is 0.242 e. The van der Waals surface area contributed by atoms with Crippen LogP contribution in [-0.2, 0) is 14.8 Å². The number of rotatable bonds is 11. The molecule has 2 aromatic carbocycles. The molecule has 0 saturated heterocycles. The fraction of sp³-hybridized carbons (Fsp3) is 0.381. The third-order valence-electron chi connectivity index (χ3n) is 4.55. The van der Waals surface area contributed by atoms with E-state index in [0.29, 0.717) is 37.2 Å². The van der Waals surface area contributed by atoms with Crippen molar-refractivity contribution in [2.45, 2.75) is 37.1 Å². The Hall–Kier alpha value is -2.62. The summed E-state index contributed by atoms with van der Waals surface area (Å²) in [6.45, 7) is 2.41. The van der Waals surface area contributed by atoms with Gasteiger partial charge in [-0.2, -0.15) is 4.72 Å². The van der Waals surface area contributed by atoms with Crippen molar-refractivity contribution < 1.29 is 22.7 Å². The second kappa shape index (κ2) is 11.0. The second-order valence-corrected chi connectivity index (χ2v) is 8.54. The summed E-state index contributed by atoms with van der Waals surface area (Å²) in [5.74, 6) is 0.261. The molecule has 2 aromatic rings. The van der Waals surface area contributed by atoms with Crippen LogP contribution in [0.1, 0.15) is 24.8 Å². The molecule has 0 aromatic heterocycles. The maximum absolute atomic E-state index is 12.9. The molecule has 0 spiro atoms. The lowest BCUT2D eigenvalue weighted by Gasteiger charge is -2.19. The lowest BCUT2D eigenvalue weighted by Crippen LogP contribution is -2.43. The molecule has 0 aliphatic carbocycles. The maximum Gasteiger partial charge on any atom is 0.242 e. The minimum Gasteiger partial charge on any atom is -0.493 e. The Morgan fingerprint density at radius 2 is 1.70 bits per heavy atom. The van der Waals surface area contributed by atoms with Crippen molar-refractivity contribution in [1.29, 1.82) is 0 Å². The first-order valence-electron chi connectivity index (χ1n) is 9.62. The fourth-order valence-electron chi connectivity index (χ4n) is 2.84. The van der Waals surface area contributed by atoms with Gasteiger partial charge in [-0.3, -0.25) is 4.79 Å². The van der Waals surface area contributed by atoms with Gasteiger partial charge in [0.15, 0.2) is 11.5 Å². The lowest BCUT2D eigenvalue weighted by atomic mass is 10.1. The molecular weight excluding hydrogens is 406 g/mol. The predicted molar refractivity (Wildman–Crippen MR) is 116 cm³/mol. The van der Waals surface area contributed by atoms with E-state index in [0.717, 1.165) is 5.56 Å². The van der Waals surface area contributed by atoms with E-state index in [9.17, 15) is 13.2 Å². The number of unbranched alkanes of at least 4 members (excludes halogenated alkanes) is 1. The average molecular weight is 436 g/mol. The monoisotopic (exact) mass is 435 g/mol. The van der Waals surface area contributed by atoms with Crippen molar-refractivity contribution in [3.05, 3.63) is 48.0 Å². The number of methoxy groups -OCH3 is 2. The normalized spacial score (nSPS) is 12.3. The summed E-state index contributed by atoms with van der Waals surface area (Å²) in [4.78, 5) is 12.8. The van der Waals surface area contributed by atoms with Gasteiger partial charge in [0.2, 0.25) is 15.9 Å². The summed E-state index contributed by atoms with van der Waals surface area (Å²) < 4.78 is 38.7. The number of anilines is 1. The number of sulfonamides is 1. The Morgan fingerprint density at radius 1 is 1.03 bits per heavy atom. The van der Waals surface area contributed by atoms with Crippen molar-refractivity contribution in [1.82, 2.24) is 4.72 Å². The van der Waals surface area contributed by atoms with Crippen LogP contribution in [0.3, 0.4) is 0 Å². The topological polar surface area (TPSA) is 120 Å². The van der Waals surface area contributed by atoms with Gasteiger partial charge < -0.3 is 20.5 Å². The molecule has 0 fully saturated rings. The number of carbonyl (C=O) groups excluding carboxylic acids is 1. The van der Waals surface area contributed by atoms with Crippen LogP contribution in [0.2, 0.25) is 0 Å². The van der Waals surface area contributed by atoms with Gasteiger partial charge in [0.1, 0.15) is 6.04 Å². The molecule has 0 saturated carbocycles. The van der Waals surface area contributed by atoms with E-state index in [-0.39, 0.29) is 10.6 Å². The number of benzene rings is 2. The summed E-state index contributed by atoms with van der Waals surface area (Å²) in [5.41, 5.74) is 7.20. The van der Waals surface area contributed by atoms with E-state index in [4.69, 9.17) is 15.2 Å². The van der Waals surface area contributed by atoms with Crippen LogP contribution in [0.25, 0.3) is 0 Å². The first kappa shape index (κ1) is 23.7. The van der Waals surface area contributed by atoms with E-state index in [2.05, 4.69) is 10.0 Å². The van der Waals surface area contributed by atoms with Crippen molar-refractivity contribution in [3.8, 4) is 11.5 Å². The van der Waals surface area contributed by atoms with Crippen molar-refractivity contribution >= 4 is 21.6 Å². The Balaban J connectivity index is 2.23. The van der Waals surface area contributed by atoms with E-state index < -0.39 is 22.0 Å². The molecule has 1 atom stereocenters. The number of hydrogen-bond acceptors (Lipinski definition) is 6. The highest BCUT2D eigenvalue weighted by atomic mass is 32.2. The maximum atomic E-state index is 12.9. The first-order chi connectivity index (χ1) is 14.3. The minimum absolute atomic E-state index is 0.0212. The van der Waals surface area contributed by atoms with Crippen LogP contribution in [0.5, 0.6) is 11.5 Å². The molecule has 30 heavy (non-hydrogen) atoms. The molecule has 0 bridgehead atoms. The largest absolute Gasteiger partial charge is 0.493 e. The zero-order valence-electron chi connectivity index (χ0n) is 17.5. The SMILES string of the molecule is COc1ccc(S(=O)(=O)N[C@@H](CCCCN)C(=O)Nc2ccc(C)cc2)cc1OC. The molecule has 164 valence electrons. The van der Waals surface area contributed by atoms with E-state index >= 15 is 0 Å². The molecule has 0 aliphatic rings. The van der Waals surface area contributed by atoms with Crippen molar-refractivity contribution in [2.75, 3.05) is 26.1 Å². The molecule has 4 N–H and O–H groups in total. The van der Waals surface area contributed by atoms with Crippen molar-refractivity contribution in [3.63, 3.8) is 0 Å². The van der Waals surface area contributed by atoms with Gasteiger partial charge in [-0.1, -0.05) is 24.1 Å². The first-order valence-corrected chi connectivity index (χ1v) is 11.1. The van der Waals surface area contributed by atoms with Crippen molar-refractivity contribution in [2.24, 2.45) is 5.73 Å². The Kier molecular flexibility index (Phi) is 8.64. The fourth-order valence-corrected chi connectivity index (χ4v) is 4.09. The summed E-state index contributed by atoms with van der Waals surface area (Å²) in [6.07, 6.45) is 1.62. The van der Waals surface area contributed by atoms with Crippen LogP contribution in [0.4, 0.5) is 5.69 Å². The number of carbonyl (C=O) groups is 1. The predicted octanol–water partition coefficient (Wildman–Crippen LogP) is 2.43. The third kappa shape index (κ3) is 6.45. The average Bonchev–Trinajstić information content (AvgIpc) is 2.74. The van der Waals surface area contributed by atoms with Gasteiger partial charge in [0.25, 0.3) is 0 Å².